The number of primary amides is 1. The van der Waals surface area contributed by atoms with Crippen molar-refractivity contribution in [2.75, 3.05) is 6.54 Å². The Hall–Kier alpha value is -2.62. The normalized spacial score (nSPS) is 23.3. The van der Waals surface area contributed by atoms with E-state index in [0.29, 0.717) is 11.6 Å². The van der Waals surface area contributed by atoms with Crippen LogP contribution in [-0.4, -0.2) is 41.9 Å². The van der Waals surface area contributed by atoms with Crippen LogP contribution in [0.1, 0.15) is 42.1 Å². The number of pyridine rings is 1. The van der Waals surface area contributed by atoms with Crippen LogP contribution in [-0.2, 0) is 18.5 Å². The summed E-state index contributed by atoms with van der Waals surface area (Å²) in [6, 6.07) is 20.2. The summed E-state index contributed by atoms with van der Waals surface area (Å²) >= 11 is 8.78. The van der Waals surface area contributed by atoms with Crippen molar-refractivity contribution in [3.63, 3.8) is 0 Å². The Morgan fingerprint density at radius 1 is 1.16 bits per heavy atom. The first-order valence-corrected chi connectivity index (χ1v) is 14.7. The zero-order chi connectivity index (χ0) is 26.6. The highest BCUT2D eigenvalue weighted by molar-refractivity contribution is 14.1. The van der Waals surface area contributed by atoms with E-state index in [1.807, 2.05) is 47.4 Å². The standard InChI is InChI=1S/C30H31ClIN5O/c1-3-20-8-6-7-19(2)26(20)30-15-14-23(37(30)29(33)38)17-35(28(30)32)18-24-27(21-10-12-22(31)13-11-21)34-25-9-4-5-16-36(24)25/h4-13,16,23,28H,3,14-15,17-18H2,1-2H3,(H2,33,38). The highest BCUT2D eigenvalue weighted by Gasteiger charge is 2.59. The number of fused-ring (bicyclic) bond motifs is 3. The van der Waals surface area contributed by atoms with E-state index in [1.54, 1.807) is 0 Å². The van der Waals surface area contributed by atoms with Gasteiger partial charge in [0.15, 0.2) is 0 Å². The summed E-state index contributed by atoms with van der Waals surface area (Å²) in [6.45, 7) is 5.83. The van der Waals surface area contributed by atoms with E-state index in [4.69, 9.17) is 22.3 Å². The molecule has 4 heterocycles. The molecular weight excluding hydrogens is 609 g/mol. The van der Waals surface area contributed by atoms with E-state index in [1.165, 1.54) is 16.7 Å². The topological polar surface area (TPSA) is 66.9 Å². The molecule has 2 aromatic heterocycles. The van der Waals surface area contributed by atoms with Gasteiger partial charge in [0.05, 0.1) is 21.0 Å². The lowest BCUT2D eigenvalue weighted by Crippen LogP contribution is -2.66. The van der Waals surface area contributed by atoms with E-state index in [9.17, 15) is 4.79 Å². The van der Waals surface area contributed by atoms with Gasteiger partial charge in [-0.25, -0.2) is 9.78 Å². The summed E-state index contributed by atoms with van der Waals surface area (Å²) in [7, 11) is 0. The fourth-order valence-electron chi connectivity index (χ4n) is 6.79. The average molecular weight is 640 g/mol. The number of carbonyl (C=O) groups excluding carboxylic acids is 1. The number of nitrogens with zero attached hydrogens (tertiary/aromatic N) is 4. The Labute approximate surface area is 241 Å². The van der Waals surface area contributed by atoms with Crippen LogP contribution in [0.5, 0.6) is 0 Å². The Bertz CT molecular complexity index is 1520. The van der Waals surface area contributed by atoms with E-state index < -0.39 is 5.54 Å². The van der Waals surface area contributed by atoms with Crippen molar-refractivity contribution in [2.45, 2.75) is 55.3 Å². The Morgan fingerprint density at radius 2 is 1.95 bits per heavy atom. The third-order valence-corrected chi connectivity index (χ3v) is 10.4. The molecule has 0 spiro atoms. The largest absolute Gasteiger partial charge is 0.351 e. The highest BCUT2D eigenvalue weighted by atomic mass is 127. The van der Waals surface area contributed by atoms with Gasteiger partial charge in [-0.05, 0) is 67.1 Å². The molecule has 8 heteroatoms. The first-order chi connectivity index (χ1) is 18.3. The number of amides is 2. The molecular formula is C30H31ClIN5O. The van der Waals surface area contributed by atoms with Crippen LogP contribution in [0.2, 0.25) is 5.02 Å². The van der Waals surface area contributed by atoms with E-state index in [2.05, 4.69) is 70.1 Å². The molecule has 2 fully saturated rings. The number of likely N-dealkylation sites (tertiary alicyclic amines) is 1. The molecule has 6 rings (SSSR count). The summed E-state index contributed by atoms with van der Waals surface area (Å²) in [5, 5.41) is 0.706. The number of aromatic nitrogens is 2. The van der Waals surface area contributed by atoms with Crippen molar-refractivity contribution >= 4 is 45.9 Å². The molecule has 2 aromatic carbocycles. The van der Waals surface area contributed by atoms with Gasteiger partial charge in [0.1, 0.15) is 5.65 Å². The smallest absolute Gasteiger partial charge is 0.315 e. The first-order valence-electron chi connectivity index (χ1n) is 13.1. The molecule has 196 valence electrons. The third kappa shape index (κ3) is 3.93. The lowest BCUT2D eigenvalue weighted by atomic mass is 9.79. The molecule has 2 aliphatic rings. The lowest BCUT2D eigenvalue weighted by Gasteiger charge is -2.53. The predicted octanol–water partition coefficient (Wildman–Crippen LogP) is 6.54. The summed E-state index contributed by atoms with van der Waals surface area (Å²) in [4.78, 5) is 22.6. The minimum Gasteiger partial charge on any atom is -0.351 e. The molecule has 0 saturated carbocycles. The van der Waals surface area contributed by atoms with Crippen LogP contribution in [0.3, 0.4) is 0 Å². The minimum atomic E-state index is -0.479. The number of carbonyl (C=O) groups is 1. The van der Waals surface area contributed by atoms with Crippen LogP contribution in [0, 0.1) is 6.92 Å². The summed E-state index contributed by atoms with van der Waals surface area (Å²) < 4.78 is 2.22. The maximum atomic E-state index is 13.0. The molecule has 2 bridgehead atoms. The van der Waals surface area contributed by atoms with Crippen LogP contribution in [0.15, 0.2) is 66.9 Å². The van der Waals surface area contributed by atoms with Crippen LogP contribution in [0.4, 0.5) is 4.79 Å². The third-order valence-electron chi connectivity index (χ3n) is 8.32. The highest BCUT2D eigenvalue weighted by Crippen LogP contribution is 2.54. The van der Waals surface area contributed by atoms with Gasteiger partial charge in [0.2, 0.25) is 0 Å². The molecule has 0 radical (unpaired) electrons. The number of nitrogens with two attached hydrogens (primary N) is 1. The molecule has 2 N–H and O–H groups in total. The molecule has 4 aromatic rings. The number of rotatable bonds is 5. The second kappa shape index (κ2) is 9.84. The molecule has 2 amide bonds. The number of hydrogen-bond acceptors (Lipinski definition) is 3. The molecule has 3 unspecified atom stereocenters. The molecule has 6 nitrogen and oxygen atoms in total. The van der Waals surface area contributed by atoms with Crippen LogP contribution >= 0.6 is 34.2 Å². The second-order valence-corrected chi connectivity index (χ2v) is 12.0. The molecule has 3 atom stereocenters. The van der Waals surface area contributed by atoms with Gasteiger partial charge >= 0.3 is 6.03 Å². The Morgan fingerprint density at radius 3 is 2.68 bits per heavy atom. The van der Waals surface area contributed by atoms with Gasteiger partial charge in [0.25, 0.3) is 0 Å². The van der Waals surface area contributed by atoms with E-state index in [0.717, 1.165) is 48.4 Å². The van der Waals surface area contributed by atoms with Gasteiger partial charge < -0.3 is 15.0 Å². The number of hydrogen-bond donors (Lipinski definition) is 1. The fraction of sp³-hybridized carbons (Fsp3) is 0.333. The van der Waals surface area contributed by atoms with Crippen molar-refractivity contribution < 1.29 is 4.79 Å². The SMILES string of the molecule is CCc1cccc(C)c1C12CCC(CN(Cc3c(-c4ccc(Cl)cc4)nc4ccccn34)C1I)N2C(N)=O. The average Bonchev–Trinajstić information content (AvgIpc) is 3.43. The second-order valence-electron chi connectivity index (χ2n) is 10.4. The summed E-state index contributed by atoms with van der Waals surface area (Å²) in [5.74, 6) is 0. The quantitative estimate of drug-likeness (QED) is 0.153. The maximum Gasteiger partial charge on any atom is 0.315 e. The van der Waals surface area contributed by atoms with Gasteiger partial charge in [-0.3, -0.25) is 4.90 Å². The number of alkyl halides is 1. The zero-order valence-corrected chi connectivity index (χ0v) is 24.5. The van der Waals surface area contributed by atoms with Crippen molar-refractivity contribution in [3.05, 3.63) is 94.3 Å². The van der Waals surface area contributed by atoms with Crippen molar-refractivity contribution in [1.29, 1.82) is 0 Å². The number of imidazole rings is 1. The monoisotopic (exact) mass is 639 g/mol. The number of aryl methyl sites for hydroxylation is 2. The number of benzene rings is 2. The molecule has 2 aliphatic heterocycles. The van der Waals surface area contributed by atoms with Crippen LogP contribution in [0.25, 0.3) is 16.9 Å². The van der Waals surface area contributed by atoms with E-state index in [-0.39, 0.29) is 16.1 Å². The molecule has 0 aliphatic carbocycles. The summed E-state index contributed by atoms with van der Waals surface area (Å²) in [5.41, 5.74) is 13.5. The Balaban J connectivity index is 1.48. The fourth-order valence-corrected chi connectivity index (χ4v) is 8.26. The molecule has 38 heavy (non-hydrogen) atoms. The Kier molecular flexibility index (Phi) is 6.64. The van der Waals surface area contributed by atoms with Crippen molar-refractivity contribution in [1.82, 2.24) is 19.2 Å². The van der Waals surface area contributed by atoms with Gasteiger partial charge in [-0.2, -0.15) is 0 Å². The van der Waals surface area contributed by atoms with E-state index >= 15 is 0 Å². The number of piperazine rings is 1. The molecule has 2 saturated heterocycles. The van der Waals surface area contributed by atoms with Crippen molar-refractivity contribution in [3.8, 4) is 11.3 Å². The van der Waals surface area contributed by atoms with Crippen molar-refractivity contribution in [2.24, 2.45) is 5.73 Å². The summed E-state index contributed by atoms with van der Waals surface area (Å²) in [6.07, 6.45) is 4.83. The minimum absolute atomic E-state index is 0.0325. The number of urea groups is 1. The maximum absolute atomic E-state index is 13.0. The van der Waals surface area contributed by atoms with Gasteiger partial charge in [-0.15, -0.1) is 0 Å². The number of halogens is 2. The first kappa shape index (κ1) is 25.6. The van der Waals surface area contributed by atoms with Crippen LogP contribution < -0.4 is 5.73 Å². The predicted molar refractivity (Wildman–Crippen MR) is 161 cm³/mol. The van der Waals surface area contributed by atoms with Gasteiger partial charge in [-0.1, -0.05) is 77.5 Å². The lowest BCUT2D eigenvalue weighted by molar-refractivity contribution is 0.0152. The zero-order valence-electron chi connectivity index (χ0n) is 21.6. The van der Waals surface area contributed by atoms with Gasteiger partial charge in [0, 0.05) is 35.9 Å².